The summed E-state index contributed by atoms with van der Waals surface area (Å²) in [6.07, 6.45) is 2.91. The van der Waals surface area contributed by atoms with Crippen LogP contribution in [-0.4, -0.2) is 55.0 Å². The molecule has 2 heterocycles. The van der Waals surface area contributed by atoms with Crippen LogP contribution in [-0.2, 0) is 6.42 Å². The monoisotopic (exact) mass is 413 g/mol. The molecule has 6 heteroatoms. The van der Waals surface area contributed by atoms with E-state index in [0.717, 1.165) is 25.9 Å². The fourth-order valence-corrected chi connectivity index (χ4v) is 5.04. The van der Waals surface area contributed by atoms with Gasteiger partial charge >= 0.3 is 0 Å². The number of hydrogen-bond acceptors (Lipinski definition) is 4. The van der Waals surface area contributed by atoms with Gasteiger partial charge in [0.05, 0.1) is 31.9 Å². The predicted octanol–water partition coefficient (Wildman–Crippen LogP) is 4.37. The second kappa shape index (κ2) is 9.19. The molecule has 2 aliphatic rings. The molecular formula is C22H33ClFNO3. The molecule has 0 amide bonds. The minimum absolute atomic E-state index is 0.129. The number of alkyl halides is 2. The highest BCUT2D eigenvalue weighted by molar-refractivity contribution is 6.18. The molecule has 3 rings (SSSR count). The summed E-state index contributed by atoms with van der Waals surface area (Å²) >= 11 is 6.27. The average Bonchev–Trinajstić information content (AvgIpc) is 2.68. The molecule has 0 bridgehead atoms. The molecule has 1 saturated heterocycles. The summed E-state index contributed by atoms with van der Waals surface area (Å²) in [6, 6.07) is 4.20. The van der Waals surface area contributed by atoms with Gasteiger partial charge in [0, 0.05) is 31.5 Å². The predicted molar refractivity (Wildman–Crippen MR) is 110 cm³/mol. The fraction of sp³-hybridized carbons (Fsp3) is 0.727. The molecule has 4 nitrogen and oxygen atoms in total. The highest BCUT2D eigenvalue weighted by Gasteiger charge is 2.47. The Kier molecular flexibility index (Phi) is 7.11. The van der Waals surface area contributed by atoms with Crippen LogP contribution < -0.4 is 9.47 Å². The maximum absolute atomic E-state index is 12.4. The number of piperidine rings is 1. The molecule has 3 atom stereocenters. The van der Waals surface area contributed by atoms with Crippen molar-refractivity contribution >= 4 is 11.6 Å². The molecule has 0 radical (unpaired) electrons. The summed E-state index contributed by atoms with van der Waals surface area (Å²) in [5.74, 6) is 2.30. The highest BCUT2D eigenvalue weighted by atomic mass is 35.5. The van der Waals surface area contributed by atoms with Gasteiger partial charge in [-0.3, -0.25) is 9.29 Å². The Balaban J connectivity index is 1.88. The second-order valence-corrected chi connectivity index (χ2v) is 8.89. The lowest BCUT2D eigenvalue weighted by Gasteiger charge is -2.51. The molecule has 1 aromatic carbocycles. The maximum Gasteiger partial charge on any atom is 0.161 e. The van der Waals surface area contributed by atoms with Crippen molar-refractivity contribution in [3.8, 4) is 11.5 Å². The summed E-state index contributed by atoms with van der Waals surface area (Å²) in [6.45, 7) is 6.16. The van der Waals surface area contributed by atoms with E-state index in [4.69, 9.17) is 21.1 Å². The first kappa shape index (κ1) is 21.7. The Hall–Kier alpha value is -1.04. The number of rotatable bonds is 8. The van der Waals surface area contributed by atoms with Crippen LogP contribution in [0.15, 0.2) is 12.1 Å². The standard InChI is InChI=1S/C22H33ClFNO3/c1-15(2)9-17-13-25-7-5-16-10-21(28-8-4-6-24)20(27-3)11-18(16)19(25)12-22(17,26)14-23/h10-11,15,17,19,26H,4-9,12-14H2,1-3H3/t17-,19-,22?/m1/s1. The first-order chi connectivity index (χ1) is 13.4. The van der Waals surface area contributed by atoms with Gasteiger partial charge in [-0.2, -0.15) is 0 Å². The quantitative estimate of drug-likeness (QED) is 0.507. The van der Waals surface area contributed by atoms with E-state index in [1.807, 2.05) is 12.1 Å². The van der Waals surface area contributed by atoms with Gasteiger partial charge in [-0.25, -0.2) is 0 Å². The molecule has 1 fully saturated rings. The molecule has 2 aliphatic heterocycles. The van der Waals surface area contributed by atoms with Gasteiger partial charge < -0.3 is 14.6 Å². The Morgan fingerprint density at radius 2 is 2.14 bits per heavy atom. The number of hydrogen-bond donors (Lipinski definition) is 1. The van der Waals surface area contributed by atoms with Crippen molar-refractivity contribution in [3.05, 3.63) is 23.3 Å². The second-order valence-electron chi connectivity index (χ2n) is 8.62. The number of fused-ring (bicyclic) bond motifs is 3. The van der Waals surface area contributed by atoms with Crippen LogP contribution in [0.1, 0.15) is 50.3 Å². The van der Waals surface area contributed by atoms with Gasteiger partial charge in [-0.05, 0) is 48.4 Å². The molecule has 0 aromatic heterocycles. The Morgan fingerprint density at radius 1 is 1.36 bits per heavy atom. The van der Waals surface area contributed by atoms with Crippen molar-refractivity contribution in [2.75, 3.05) is 39.4 Å². The average molecular weight is 414 g/mol. The fourth-order valence-electron chi connectivity index (χ4n) is 4.71. The van der Waals surface area contributed by atoms with Crippen LogP contribution >= 0.6 is 11.6 Å². The molecule has 0 saturated carbocycles. The third kappa shape index (κ3) is 4.42. The van der Waals surface area contributed by atoms with E-state index < -0.39 is 12.3 Å². The topological polar surface area (TPSA) is 41.9 Å². The number of aliphatic hydroxyl groups is 1. The van der Waals surface area contributed by atoms with E-state index >= 15 is 0 Å². The minimum atomic E-state index is -0.856. The van der Waals surface area contributed by atoms with Crippen LogP contribution in [0.2, 0.25) is 0 Å². The Bertz CT molecular complexity index is 671. The van der Waals surface area contributed by atoms with Crippen LogP contribution in [0.5, 0.6) is 11.5 Å². The van der Waals surface area contributed by atoms with Gasteiger partial charge in [0.15, 0.2) is 11.5 Å². The van der Waals surface area contributed by atoms with Crippen LogP contribution in [0.25, 0.3) is 0 Å². The summed E-state index contributed by atoms with van der Waals surface area (Å²) in [7, 11) is 1.62. The molecule has 0 spiro atoms. The summed E-state index contributed by atoms with van der Waals surface area (Å²) in [5, 5.41) is 11.3. The van der Waals surface area contributed by atoms with E-state index in [9.17, 15) is 9.50 Å². The largest absolute Gasteiger partial charge is 0.493 e. The summed E-state index contributed by atoms with van der Waals surface area (Å²) < 4.78 is 23.7. The number of nitrogens with zero attached hydrogens (tertiary/aromatic N) is 1. The lowest BCUT2D eigenvalue weighted by atomic mass is 9.72. The van der Waals surface area contributed by atoms with Crippen LogP contribution in [0, 0.1) is 11.8 Å². The van der Waals surface area contributed by atoms with E-state index in [0.29, 0.717) is 36.9 Å². The van der Waals surface area contributed by atoms with Gasteiger partial charge in [0.1, 0.15) is 0 Å². The van der Waals surface area contributed by atoms with Gasteiger partial charge in [0.25, 0.3) is 0 Å². The van der Waals surface area contributed by atoms with Crippen molar-refractivity contribution in [2.24, 2.45) is 11.8 Å². The molecule has 158 valence electrons. The molecule has 0 aliphatic carbocycles. The lowest BCUT2D eigenvalue weighted by molar-refractivity contribution is -0.0886. The molecule has 1 aromatic rings. The Labute approximate surface area is 173 Å². The van der Waals surface area contributed by atoms with Crippen molar-refractivity contribution in [1.29, 1.82) is 0 Å². The van der Waals surface area contributed by atoms with Gasteiger partial charge in [0.2, 0.25) is 0 Å². The van der Waals surface area contributed by atoms with E-state index in [2.05, 4.69) is 18.7 Å². The summed E-state index contributed by atoms with van der Waals surface area (Å²) in [5.41, 5.74) is 1.55. The highest BCUT2D eigenvalue weighted by Crippen LogP contribution is 2.47. The van der Waals surface area contributed by atoms with Gasteiger partial charge in [-0.1, -0.05) is 13.8 Å². The number of ether oxygens (including phenoxy) is 2. The maximum atomic E-state index is 12.4. The molecule has 28 heavy (non-hydrogen) atoms. The van der Waals surface area contributed by atoms with E-state index in [1.165, 1.54) is 11.1 Å². The van der Waals surface area contributed by atoms with Crippen LogP contribution in [0.4, 0.5) is 4.39 Å². The van der Waals surface area contributed by atoms with Crippen molar-refractivity contribution < 1.29 is 19.0 Å². The lowest BCUT2D eigenvalue weighted by Crippen LogP contribution is -2.56. The first-order valence-electron chi connectivity index (χ1n) is 10.3. The number of methoxy groups -OCH3 is 1. The zero-order valence-corrected chi connectivity index (χ0v) is 18.0. The number of benzene rings is 1. The smallest absolute Gasteiger partial charge is 0.161 e. The van der Waals surface area contributed by atoms with Crippen molar-refractivity contribution in [1.82, 2.24) is 4.90 Å². The van der Waals surface area contributed by atoms with E-state index in [1.54, 1.807) is 7.11 Å². The zero-order valence-electron chi connectivity index (χ0n) is 17.2. The third-order valence-corrected chi connectivity index (χ3v) is 6.64. The SMILES string of the molecule is COc1cc2c(cc1OCCCF)CCN1C[C@@H](CC(C)C)C(O)(CCl)C[C@H]21. The molecule has 1 N–H and O–H groups in total. The third-order valence-electron chi connectivity index (χ3n) is 6.18. The van der Waals surface area contributed by atoms with Crippen molar-refractivity contribution in [2.45, 2.75) is 51.2 Å². The van der Waals surface area contributed by atoms with Crippen LogP contribution in [0.3, 0.4) is 0 Å². The normalized spacial score (nSPS) is 27.4. The minimum Gasteiger partial charge on any atom is -0.493 e. The first-order valence-corrected chi connectivity index (χ1v) is 10.9. The van der Waals surface area contributed by atoms with E-state index in [-0.39, 0.29) is 17.8 Å². The summed E-state index contributed by atoms with van der Waals surface area (Å²) in [4.78, 5) is 2.49. The van der Waals surface area contributed by atoms with Crippen molar-refractivity contribution in [3.63, 3.8) is 0 Å². The molecule has 1 unspecified atom stereocenters. The Morgan fingerprint density at radius 3 is 2.79 bits per heavy atom. The molecular weight excluding hydrogens is 381 g/mol. The zero-order chi connectivity index (χ0) is 20.3. The number of halogens is 2. The van der Waals surface area contributed by atoms with Gasteiger partial charge in [-0.15, -0.1) is 11.6 Å².